The van der Waals surface area contributed by atoms with Crippen molar-refractivity contribution in [2.45, 2.75) is 31.6 Å². The molecule has 0 aliphatic heterocycles. The van der Waals surface area contributed by atoms with Crippen molar-refractivity contribution in [2.24, 2.45) is 0 Å². The number of ether oxygens (including phenoxy) is 1. The molecule has 0 N–H and O–H groups in total. The van der Waals surface area contributed by atoms with E-state index in [1.54, 1.807) is 31.2 Å². The molecule has 0 fully saturated rings. The van der Waals surface area contributed by atoms with E-state index < -0.39 is 27.5 Å². The number of anilines is 1. The average molecular weight is 406 g/mol. The highest BCUT2D eigenvalue weighted by Crippen LogP contribution is 2.32. The summed E-state index contributed by atoms with van der Waals surface area (Å²) in [5, 5.41) is 11.0. The van der Waals surface area contributed by atoms with Gasteiger partial charge in [-0.1, -0.05) is 38.1 Å². The molecule has 0 aromatic heterocycles. The van der Waals surface area contributed by atoms with E-state index in [2.05, 4.69) is 0 Å². The standard InChI is InChI=1S/C19H22N2O6S/c1-4-27-19(22)13-20(18-11-6-5-10-17(18)14(2)3)28(25,26)16-9-7-8-15(12-16)21(23)24/h5-12,14H,4,13H2,1-3H3. The molecule has 9 heteroatoms. The van der Waals surface area contributed by atoms with Gasteiger partial charge in [-0.25, -0.2) is 8.42 Å². The first kappa shape index (κ1) is 21.4. The number of esters is 1. The Morgan fingerprint density at radius 2 is 1.86 bits per heavy atom. The number of para-hydroxylation sites is 1. The summed E-state index contributed by atoms with van der Waals surface area (Å²) in [6.45, 7) is 5.00. The van der Waals surface area contributed by atoms with Gasteiger partial charge in [0, 0.05) is 12.1 Å². The van der Waals surface area contributed by atoms with Crippen molar-refractivity contribution in [3.63, 3.8) is 0 Å². The topological polar surface area (TPSA) is 107 Å². The van der Waals surface area contributed by atoms with Gasteiger partial charge in [0.1, 0.15) is 6.54 Å². The van der Waals surface area contributed by atoms with Crippen LogP contribution in [0.4, 0.5) is 11.4 Å². The summed E-state index contributed by atoms with van der Waals surface area (Å²) in [5.41, 5.74) is 0.701. The van der Waals surface area contributed by atoms with Crippen LogP contribution in [0.1, 0.15) is 32.3 Å². The molecule has 0 radical (unpaired) electrons. The number of nitrogens with zero attached hydrogens (tertiary/aromatic N) is 2. The highest BCUT2D eigenvalue weighted by Gasteiger charge is 2.30. The van der Waals surface area contributed by atoms with Gasteiger partial charge in [-0.15, -0.1) is 0 Å². The van der Waals surface area contributed by atoms with Gasteiger partial charge in [0.05, 0.1) is 22.1 Å². The van der Waals surface area contributed by atoms with Crippen molar-refractivity contribution in [3.05, 3.63) is 64.2 Å². The molecule has 2 rings (SSSR count). The molecule has 0 saturated heterocycles. The monoisotopic (exact) mass is 406 g/mol. The predicted molar refractivity (Wildman–Crippen MR) is 105 cm³/mol. The highest BCUT2D eigenvalue weighted by atomic mass is 32.2. The zero-order chi connectivity index (χ0) is 20.9. The SMILES string of the molecule is CCOC(=O)CN(c1ccccc1C(C)C)S(=O)(=O)c1cccc([N+](=O)[O-])c1. The van der Waals surface area contributed by atoms with E-state index in [9.17, 15) is 23.3 Å². The van der Waals surface area contributed by atoms with E-state index in [0.717, 1.165) is 15.9 Å². The molecule has 150 valence electrons. The quantitative estimate of drug-likeness (QED) is 0.377. The maximum Gasteiger partial charge on any atom is 0.326 e. The molecule has 2 aromatic carbocycles. The van der Waals surface area contributed by atoms with Crippen LogP contribution < -0.4 is 4.31 Å². The molecule has 0 bridgehead atoms. The van der Waals surface area contributed by atoms with Crippen molar-refractivity contribution >= 4 is 27.4 Å². The van der Waals surface area contributed by atoms with Crippen LogP contribution in [0.15, 0.2) is 53.4 Å². The molecule has 8 nitrogen and oxygen atoms in total. The Kier molecular flexibility index (Phi) is 6.74. The van der Waals surface area contributed by atoms with E-state index >= 15 is 0 Å². The zero-order valence-electron chi connectivity index (χ0n) is 15.9. The molecule has 0 heterocycles. The number of sulfonamides is 1. The van der Waals surface area contributed by atoms with Gasteiger partial charge in [-0.2, -0.15) is 0 Å². The number of carbonyl (C=O) groups excluding carboxylic acids is 1. The lowest BCUT2D eigenvalue weighted by Gasteiger charge is -2.26. The number of nitro groups is 1. The van der Waals surface area contributed by atoms with Crippen molar-refractivity contribution in [1.29, 1.82) is 0 Å². The summed E-state index contributed by atoms with van der Waals surface area (Å²) in [6, 6.07) is 11.6. The van der Waals surface area contributed by atoms with Crippen LogP contribution in [0.25, 0.3) is 0 Å². The summed E-state index contributed by atoms with van der Waals surface area (Å²) in [7, 11) is -4.25. The summed E-state index contributed by atoms with van der Waals surface area (Å²) in [6.07, 6.45) is 0. The Morgan fingerprint density at radius 3 is 2.46 bits per heavy atom. The van der Waals surface area contributed by atoms with Gasteiger partial charge in [-0.05, 0) is 30.5 Å². The van der Waals surface area contributed by atoms with Crippen LogP contribution in [-0.4, -0.2) is 32.5 Å². The molecule has 0 amide bonds. The number of rotatable bonds is 8. The third kappa shape index (κ3) is 4.66. The zero-order valence-corrected chi connectivity index (χ0v) is 16.7. The number of carbonyl (C=O) groups is 1. The van der Waals surface area contributed by atoms with Gasteiger partial charge >= 0.3 is 5.97 Å². The average Bonchev–Trinajstić information content (AvgIpc) is 2.66. The van der Waals surface area contributed by atoms with Crippen LogP contribution in [0, 0.1) is 10.1 Å². The maximum atomic E-state index is 13.3. The minimum Gasteiger partial charge on any atom is -0.465 e. The number of hydrogen-bond donors (Lipinski definition) is 0. The molecular weight excluding hydrogens is 384 g/mol. The van der Waals surface area contributed by atoms with E-state index in [4.69, 9.17) is 4.74 Å². The van der Waals surface area contributed by atoms with Gasteiger partial charge in [0.15, 0.2) is 0 Å². The fourth-order valence-corrected chi connectivity index (χ4v) is 4.19. The Labute approximate surface area is 163 Å². The first-order chi connectivity index (χ1) is 13.2. The Balaban J connectivity index is 2.63. The van der Waals surface area contributed by atoms with Crippen molar-refractivity contribution in [3.8, 4) is 0 Å². The fourth-order valence-electron chi connectivity index (χ4n) is 2.71. The van der Waals surface area contributed by atoms with Gasteiger partial charge < -0.3 is 4.74 Å². The van der Waals surface area contributed by atoms with Crippen molar-refractivity contribution in [2.75, 3.05) is 17.5 Å². The van der Waals surface area contributed by atoms with Crippen LogP contribution >= 0.6 is 0 Å². The van der Waals surface area contributed by atoms with Crippen LogP contribution in [-0.2, 0) is 19.6 Å². The number of nitro benzene ring substituents is 1. The van der Waals surface area contributed by atoms with Crippen molar-refractivity contribution < 1.29 is 22.9 Å². The van der Waals surface area contributed by atoms with E-state index in [0.29, 0.717) is 5.69 Å². The Morgan fingerprint density at radius 1 is 1.18 bits per heavy atom. The molecule has 0 aliphatic rings. The minimum atomic E-state index is -4.25. The molecular formula is C19H22N2O6S. The van der Waals surface area contributed by atoms with E-state index in [-0.39, 0.29) is 23.1 Å². The predicted octanol–water partition coefficient (Wildman–Crippen LogP) is 3.48. The summed E-state index contributed by atoms with van der Waals surface area (Å²) < 4.78 is 32.5. The second-order valence-corrected chi connectivity index (χ2v) is 8.15. The number of benzene rings is 2. The lowest BCUT2D eigenvalue weighted by molar-refractivity contribution is -0.385. The third-order valence-corrected chi connectivity index (χ3v) is 5.78. The molecule has 0 aliphatic carbocycles. The van der Waals surface area contributed by atoms with Gasteiger partial charge in [0.25, 0.3) is 15.7 Å². The smallest absolute Gasteiger partial charge is 0.326 e. The molecule has 0 unspecified atom stereocenters. The van der Waals surface area contributed by atoms with E-state index in [1.165, 1.54) is 18.2 Å². The number of non-ortho nitro benzene ring substituents is 1. The number of hydrogen-bond acceptors (Lipinski definition) is 6. The van der Waals surface area contributed by atoms with Crippen LogP contribution in [0.3, 0.4) is 0 Å². The molecule has 0 atom stereocenters. The largest absolute Gasteiger partial charge is 0.465 e. The lowest BCUT2D eigenvalue weighted by atomic mass is 10.0. The fraction of sp³-hybridized carbons (Fsp3) is 0.316. The normalized spacial score (nSPS) is 11.3. The van der Waals surface area contributed by atoms with Gasteiger partial charge in [-0.3, -0.25) is 19.2 Å². The second kappa shape index (κ2) is 8.83. The van der Waals surface area contributed by atoms with Crippen LogP contribution in [0.2, 0.25) is 0 Å². The summed E-state index contributed by atoms with van der Waals surface area (Å²) in [5.74, 6) is -0.726. The lowest BCUT2D eigenvalue weighted by Crippen LogP contribution is -2.37. The first-order valence-electron chi connectivity index (χ1n) is 8.70. The first-order valence-corrected chi connectivity index (χ1v) is 10.1. The summed E-state index contributed by atoms with van der Waals surface area (Å²) in [4.78, 5) is 22.2. The molecule has 0 spiro atoms. The molecule has 0 saturated carbocycles. The maximum absolute atomic E-state index is 13.3. The summed E-state index contributed by atoms with van der Waals surface area (Å²) >= 11 is 0. The van der Waals surface area contributed by atoms with Gasteiger partial charge in [0.2, 0.25) is 0 Å². The minimum absolute atomic E-state index is 0.0128. The molecule has 2 aromatic rings. The third-order valence-electron chi connectivity index (χ3n) is 4.02. The highest BCUT2D eigenvalue weighted by molar-refractivity contribution is 7.92. The second-order valence-electron chi connectivity index (χ2n) is 6.28. The van der Waals surface area contributed by atoms with Crippen molar-refractivity contribution in [1.82, 2.24) is 0 Å². The molecule has 28 heavy (non-hydrogen) atoms. The van der Waals surface area contributed by atoms with Crippen LogP contribution in [0.5, 0.6) is 0 Å². The van der Waals surface area contributed by atoms with E-state index in [1.807, 2.05) is 13.8 Å². The Hall–Kier alpha value is -2.94. The Bertz CT molecular complexity index is 972.